The van der Waals surface area contributed by atoms with Crippen LogP contribution in [-0.2, 0) is 0 Å². The highest BCUT2D eigenvalue weighted by atomic mass is 14.2. The maximum Gasteiger partial charge on any atom is -0.0326 e. The summed E-state index contributed by atoms with van der Waals surface area (Å²) in [7, 11) is 0. The minimum Gasteiger partial charge on any atom is -0.0654 e. The summed E-state index contributed by atoms with van der Waals surface area (Å²) in [5.74, 6) is 1.72. The molecule has 0 rings (SSSR count). The second-order valence-electron chi connectivity index (χ2n) is 5.71. The number of rotatable bonds is 12. The van der Waals surface area contributed by atoms with Crippen LogP contribution in [0.5, 0.6) is 0 Å². The van der Waals surface area contributed by atoms with Crippen molar-refractivity contribution >= 4 is 0 Å². The van der Waals surface area contributed by atoms with E-state index < -0.39 is 0 Å². The van der Waals surface area contributed by atoms with Gasteiger partial charge in [-0.25, -0.2) is 0 Å². The molecule has 0 aromatic carbocycles. The van der Waals surface area contributed by atoms with E-state index in [1.807, 2.05) is 0 Å². The van der Waals surface area contributed by atoms with E-state index in [0.29, 0.717) is 0 Å². The molecule has 0 heteroatoms. The lowest BCUT2D eigenvalue weighted by molar-refractivity contribution is 0.421. The van der Waals surface area contributed by atoms with E-state index in [9.17, 15) is 0 Å². The van der Waals surface area contributed by atoms with E-state index in [1.54, 1.807) is 0 Å². The fraction of sp³-hybridized carbons (Fsp3) is 0.941. The summed E-state index contributed by atoms with van der Waals surface area (Å²) in [6, 6.07) is 0. The molecule has 0 aromatic rings. The van der Waals surface area contributed by atoms with Crippen LogP contribution < -0.4 is 0 Å². The summed E-state index contributed by atoms with van der Waals surface area (Å²) < 4.78 is 0. The van der Waals surface area contributed by atoms with E-state index in [2.05, 4.69) is 34.1 Å². The third-order valence-corrected chi connectivity index (χ3v) is 3.68. The zero-order valence-electron chi connectivity index (χ0n) is 12.8. The second-order valence-corrected chi connectivity index (χ2v) is 5.71. The Kier molecular flexibility index (Phi) is 12.5. The molecule has 1 radical (unpaired) electrons. The average Bonchev–Trinajstić information content (AvgIpc) is 2.29. The van der Waals surface area contributed by atoms with Crippen molar-refractivity contribution in [3.63, 3.8) is 0 Å². The summed E-state index contributed by atoms with van der Waals surface area (Å²) in [6.45, 7) is 9.33. The van der Waals surface area contributed by atoms with Crippen molar-refractivity contribution in [3.8, 4) is 0 Å². The monoisotopic (exact) mass is 239 g/mol. The molecule has 0 spiro atoms. The van der Waals surface area contributed by atoms with Gasteiger partial charge in [0.05, 0.1) is 0 Å². The predicted molar refractivity (Wildman–Crippen MR) is 80.1 cm³/mol. The van der Waals surface area contributed by atoms with Gasteiger partial charge in [-0.1, -0.05) is 91.9 Å². The van der Waals surface area contributed by atoms with Crippen LogP contribution in [0.25, 0.3) is 0 Å². The maximum absolute atomic E-state index is 2.65. The van der Waals surface area contributed by atoms with E-state index >= 15 is 0 Å². The lowest BCUT2D eigenvalue weighted by atomic mass is 9.86. The summed E-state index contributed by atoms with van der Waals surface area (Å²) in [5.41, 5.74) is 0. The Morgan fingerprint density at radius 1 is 0.706 bits per heavy atom. The van der Waals surface area contributed by atoms with Crippen molar-refractivity contribution in [3.05, 3.63) is 6.42 Å². The van der Waals surface area contributed by atoms with Gasteiger partial charge in [0.1, 0.15) is 0 Å². The van der Waals surface area contributed by atoms with Gasteiger partial charge in [0.2, 0.25) is 0 Å². The van der Waals surface area contributed by atoms with Gasteiger partial charge >= 0.3 is 0 Å². The molecule has 0 heterocycles. The normalized spacial score (nSPS) is 13.2. The van der Waals surface area contributed by atoms with Crippen molar-refractivity contribution in [1.82, 2.24) is 0 Å². The molecule has 1 atom stereocenters. The molecule has 1 unspecified atom stereocenters. The molecule has 0 fully saturated rings. The molecule has 0 N–H and O–H groups in total. The summed E-state index contributed by atoms with van der Waals surface area (Å²) in [5, 5.41) is 0. The highest BCUT2D eigenvalue weighted by molar-refractivity contribution is 4.81. The summed E-state index contributed by atoms with van der Waals surface area (Å²) >= 11 is 0. The van der Waals surface area contributed by atoms with Gasteiger partial charge in [0.15, 0.2) is 0 Å². The molecule has 0 saturated heterocycles. The quantitative estimate of drug-likeness (QED) is 0.345. The first-order chi connectivity index (χ1) is 8.24. The first-order valence-electron chi connectivity index (χ1n) is 8.09. The van der Waals surface area contributed by atoms with Crippen molar-refractivity contribution in [2.45, 2.75) is 91.9 Å². The first kappa shape index (κ1) is 17.0. The lowest BCUT2D eigenvalue weighted by Crippen LogP contribution is -2.07. The zero-order valence-corrected chi connectivity index (χ0v) is 12.8. The molecule has 0 aliphatic rings. The van der Waals surface area contributed by atoms with Crippen LogP contribution in [0, 0.1) is 18.3 Å². The summed E-state index contributed by atoms with van der Waals surface area (Å²) in [4.78, 5) is 0. The molecule has 0 bridgehead atoms. The van der Waals surface area contributed by atoms with Crippen LogP contribution in [0.4, 0.5) is 0 Å². The smallest absolute Gasteiger partial charge is 0.0326 e. The molecule has 0 amide bonds. The van der Waals surface area contributed by atoms with Crippen molar-refractivity contribution in [2.75, 3.05) is 0 Å². The standard InChI is InChI=1S/C17H35/c1-5-8-9-10-11-14-16(4)15-17(12-6-2)13-7-3/h15-17H,5-14H2,1-4H3. The lowest BCUT2D eigenvalue weighted by Gasteiger charge is -2.19. The highest BCUT2D eigenvalue weighted by Gasteiger charge is 2.11. The van der Waals surface area contributed by atoms with Crippen LogP contribution in [-0.4, -0.2) is 0 Å². The van der Waals surface area contributed by atoms with Crippen molar-refractivity contribution in [1.29, 1.82) is 0 Å². The molecule has 17 heavy (non-hydrogen) atoms. The van der Waals surface area contributed by atoms with Crippen molar-refractivity contribution < 1.29 is 0 Å². The highest BCUT2D eigenvalue weighted by Crippen LogP contribution is 2.24. The van der Waals surface area contributed by atoms with Crippen LogP contribution in [0.15, 0.2) is 0 Å². The van der Waals surface area contributed by atoms with Crippen LogP contribution in [0.3, 0.4) is 0 Å². The van der Waals surface area contributed by atoms with Crippen LogP contribution in [0.2, 0.25) is 0 Å². The predicted octanol–water partition coefficient (Wildman–Crippen LogP) is 6.40. The van der Waals surface area contributed by atoms with Gasteiger partial charge in [-0.3, -0.25) is 0 Å². The van der Waals surface area contributed by atoms with Crippen molar-refractivity contribution in [2.24, 2.45) is 11.8 Å². The van der Waals surface area contributed by atoms with E-state index in [-0.39, 0.29) is 0 Å². The zero-order chi connectivity index (χ0) is 12.9. The molecule has 0 saturated carbocycles. The third-order valence-electron chi connectivity index (χ3n) is 3.68. The topological polar surface area (TPSA) is 0 Å². The summed E-state index contributed by atoms with van der Waals surface area (Å²) in [6.07, 6.45) is 16.6. The largest absolute Gasteiger partial charge is 0.0654 e. The average molecular weight is 239 g/mol. The number of hydrogen-bond donors (Lipinski definition) is 0. The Labute approximate surface area is 111 Å². The molecule has 0 aromatic heterocycles. The van der Waals surface area contributed by atoms with Gasteiger partial charge in [-0.2, -0.15) is 0 Å². The van der Waals surface area contributed by atoms with Gasteiger partial charge < -0.3 is 0 Å². The van der Waals surface area contributed by atoms with Gasteiger partial charge in [0, 0.05) is 0 Å². The number of hydrogen-bond acceptors (Lipinski definition) is 0. The third kappa shape index (κ3) is 10.9. The van der Waals surface area contributed by atoms with Gasteiger partial charge in [-0.05, 0) is 18.3 Å². The second kappa shape index (κ2) is 12.5. The Balaban J connectivity index is 3.55. The molecule has 0 aliphatic heterocycles. The van der Waals surface area contributed by atoms with Gasteiger partial charge in [0.25, 0.3) is 0 Å². The minimum absolute atomic E-state index is 0.833. The van der Waals surface area contributed by atoms with Crippen LogP contribution >= 0.6 is 0 Å². The van der Waals surface area contributed by atoms with E-state index in [1.165, 1.54) is 64.2 Å². The number of unbranched alkanes of at least 4 members (excludes halogenated alkanes) is 4. The Hall–Kier alpha value is 0. The molecule has 103 valence electrons. The Bertz CT molecular complexity index is 133. The molecule has 0 nitrogen and oxygen atoms in total. The Morgan fingerprint density at radius 3 is 1.82 bits per heavy atom. The fourth-order valence-electron chi connectivity index (χ4n) is 2.71. The fourth-order valence-corrected chi connectivity index (χ4v) is 2.71. The maximum atomic E-state index is 2.65. The van der Waals surface area contributed by atoms with E-state index in [0.717, 1.165) is 11.8 Å². The van der Waals surface area contributed by atoms with Gasteiger partial charge in [-0.15, -0.1) is 0 Å². The molecular formula is C17H35. The first-order valence-corrected chi connectivity index (χ1v) is 8.09. The van der Waals surface area contributed by atoms with Crippen LogP contribution in [0.1, 0.15) is 91.9 Å². The minimum atomic E-state index is 0.833. The molecule has 0 aliphatic carbocycles. The SMILES string of the molecule is CCCCCCCC(C)[CH]C(CCC)CCC. The van der Waals surface area contributed by atoms with E-state index in [4.69, 9.17) is 0 Å². The Morgan fingerprint density at radius 2 is 1.29 bits per heavy atom. The molecular weight excluding hydrogens is 204 g/mol.